The van der Waals surface area contributed by atoms with Crippen molar-refractivity contribution in [2.75, 3.05) is 25.1 Å². The Bertz CT molecular complexity index is 659. The van der Waals surface area contributed by atoms with Gasteiger partial charge in [0.1, 0.15) is 21.7 Å². The minimum atomic E-state index is -2.95. The molecule has 1 rings (SSSR count). The lowest BCUT2D eigenvalue weighted by atomic mass is 10.2. The fourth-order valence-electron chi connectivity index (χ4n) is 2.19. The number of nitrogens with one attached hydrogen (secondary N) is 2. The zero-order valence-electron chi connectivity index (χ0n) is 15.9. The molecular formula is C18H31N3O3S. The van der Waals surface area contributed by atoms with Crippen LogP contribution in [-0.4, -0.2) is 51.6 Å². The van der Waals surface area contributed by atoms with Crippen molar-refractivity contribution in [3.63, 3.8) is 0 Å². The van der Waals surface area contributed by atoms with E-state index in [0.717, 1.165) is 17.9 Å². The van der Waals surface area contributed by atoms with Gasteiger partial charge < -0.3 is 15.4 Å². The van der Waals surface area contributed by atoms with E-state index >= 15 is 0 Å². The largest absolute Gasteiger partial charge is 0.489 e. The molecule has 2 N–H and O–H groups in total. The standard InChI is InChI=1S/C18H31N3O3S/c1-6-19-18(21-15(3)10-11-25(5,22)23)20-13-16(4)24-17-9-7-8-14(2)12-17/h7-9,12,15-16H,6,10-11,13H2,1-5H3,(H2,19,20,21). The average molecular weight is 370 g/mol. The second-order valence-corrected chi connectivity index (χ2v) is 8.69. The van der Waals surface area contributed by atoms with E-state index in [1.165, 1.54) is 6.26 Å². The summed E-state index contributed by atoms with van der Waals surface area (Å²) in [6.07, 6.45) is 1.73. The first kappa shape index (κ1) is 21.3. The van der Waals surface area contributed by atoms with Crippen LogP contribution in [0.4, 0.5) is 0 Å². The molecule has 0 aliphatic carbocycles. The molecule has 2 unspecified atom stereocenters. The number of aliphatic imine (C=N–C) groups is 1. The van der Waals surface area contributed by atoms with Gasteiger partial charge in [0.05, 0.1) is 12.3 Å². The molecule has 0 aliphatic heterocycles. The van der Waals surface area contributed by atoms with Crippen molar-refractivity contribution in [2.45, 2.75) is 46.3 Å². The van der Waals surface area contributed by atoms with Gasteiger partial charge in [-0.3, -0.25) is 0 Å². The van der Waals surface area contributed by atoms with Crippen LogP contribution < -0.4 is 15.4 Å². The van der Waals surface area contributed by atoms with Crippen LogP contribution in [0, 0.1) is 6.92 Å². The summed E-state index contributed by atoms with van der Waals surface area (Å²) in [5.74, 6) is 1.67. The van der Waals surface area contributed by atoms with Gasteiger partial charge in [0.2, 0.25) is 0 Å². The van der Waals surface area contributed by atoms with Crippen LogP contribution in [0.3, 0.4) is 0 Å². The third-order valence-electron chi connectivity index (χ3n) is 3.48. The Morgan fingerprint density at radius 2 is 2.04 bits per heavy atom. The molecule has 1 aromatic carbocycles. The predicted octanol–water partition coefficient (Wildman–Crippen LogP) is 2.14. The third kappa shape index (κ3) is 9.96. The first-order valence-electron chi connectivity index (χ1n) is 8.65. The first-order chi connectivity index (χ1) is 11.7. The summed E-state index contributed by atoms with van der Waals surface area (Å²) in [5.41, 5.74) is 1.16. The number of hydrogen-bond acceptors (Lipinski definition) is 4. The van der Waals surface area contributed by atoms with Gasteiger partial charge in [0, 0.05) is 18.8 Å². The van der Waals surface area contributed by atoms with Gasteiger partial charge in [0.15, 0.2) is 5.96 Å². The molecular weight excluding hydrogens is 338 g/mol. The van der Waals surface area contributed by atoms with Gasteiger partial charge >= 0.3 is 0 Å². The Labute approximate surface area is 152 Å². The fraction of sp³-hybridized carbons (Fsp3) is 0.611. The summed E-state index contributed by atoms with van der Waals surface area (Å²) >= 11 is 0. The lowest BCUT2D eigenvalue weighted by Crippen LogP contribution is -2.43. The zero-order valence-corrected chi connectivity index (χ0v) is 16.7. The Morgan fingerprint density at radius 3 is 2.64 bits per heavy atom. The lowest BCUT2D eigenvalue weighted by molar-refractivity contribution is 0.230. The van der Waals surface area contributed by atoms with Crippen LogP contribution in [0.25, 0.3) is 0 Å². The molecule has 0 saturated heterocycles. The molecule has 0 amide bonds. The van der Waals surface area contributed by atoms with E-state index in [9.17, 15) is 8.42 Å². The van der Waals surface area contributed by atoms with Gasteiger partial charge in [0.25, 0.3) is 0 Å². The van der Waals surface area contributed by atoms with Crippen molar-refractivity contribution in [1.29, 1.82) is 0 Å². The number of rotatable bonds is 9. The highest BCUT2D eigenvalue weighted by Crippen LogP contribution is 2.14. The number of guanidine groups is 1. The highest BCUT2D eigenvalue weighted by Gasteiger charge is 2.10. The number of ether oxygens (including phenoxy) is 1. The monoisotopic (exact) mass is 369 g/mol. The quantitative estimate of drug-likeness (QED) is 0.515. The van der Waals surface area contributed by atoms with Crippen LogP contribution in [0.15, 0.2) is 29.3 Å². The summed E-state index contributed by atoms with van der Waals surface area (Å²) in [6, 6.07) is 7.94. The van der Waals surface area contributed by atoms with Crippen LogP contribution in [0.1, 0.15) is 32.8 Å². The normalized spacial score (nSPS) is 14.7. The van der Waals surface area contributed by atoms with Crippen LogP contribution in [-0.2, 0) is 9.84 Å². The number of benzene rings is 1. The number of aryl methyl sites for hydroxylation is 1. The maximum absolute atomic E-state index is 11.3. The summed E-state index contributed by atoms with van der Waals surface area (Å²) in [4.78, 5) is 4.54. The average Bonchev–Trinajstić information content (AvgIpc) is 2.50. The molecule has 2 atom stereocenters. The molecule has 0 radical (unpaired) electrons. The van der Waals surface area contributed by atoms with E-state index in [0.29, 0.717) is 18.9 Å². The molecule has 0 aromatic heterocycles. The molecule has 0 bridgehead atoms. The topological polar surface area (TPSA) is 79.8 Å². The number of nitrogens with zero attached hydrogens (tertiary/aromatic N) is 1. The smallest absolute Gasteiger partial charge is 0.191 e. The molecule has 0 heterocycles. The fourth-order valence-corrected chi connectivity index (χ4v) is 2.98. The molecule has 0 fully saturated rings. The summed E-state index contributed by atoms with van der Waals surface area (Å²) in [5, 5.41) is 6.41. The van der Waals surface area contributed by atoms with E-state index in [-0.39, 0.29) is 17.9 Å². The van der Waals surface area contributed by atoms with Crippen molar-refractivity contribution in [1.82, 2.24) is 10.6 Å². The molecule has 25 heavy (non-hydrogen) atoms. The summed E-state index contributed by atoms with van der Waals surface area (Å²) in [6.45, 7) is 9.18. The number of sulfone groups is 1. The minimum absolute atomic E-state index is 0.0144. The van der Waals surface area contributed by atoms with Crippen molar-refractivity contribution in [3.8, 4) is 5.75 Å². The van der Waals surface area contributed by atoms with Gasteiger partial charge in [-0.1, -0.05) is 12.1 Å². The van der Waals surface area contributed by atoms with E-state index in [1.54, 1.807) is 0 Å². The molecule has 0 aliphatic rings. The van der Waals surface area contributed by atoms with E-state index in [2.05, 4.69) is 15.6 Å². The summed E-state index contributed by atoms with van der Waals surface area (Å²) in [7, 11) is -2.95. The molecule has 7 heteroatoms. The van der Waals surface area contributed by atoms with Gasteiger partial charge in [-0.25, -0.2) is 13.4 Å². The molecule has 0 spiro atoms. The van der Waals surface area contributed by atoms with Gasteiger partial charge in [-0.15, -0.1) is 0 Å². The number of hydrogen-bond donors (Lipinski definition) is 2. The lowest BCUT2D eigenvalue weighted by Gasteiger charge is -2.19. The van der Waals surface area contributed by atoms with Crippen molar-refractivity contribution in [2.24, 2.45) is 4.99 Å². The van der Waals surface area contributed by atoms with Gasteiger partial charge in [-0.2, -0.15) is 0 Å². The van der Waals surface area contributed by atoms with Crippen molar-refractivity contribution < 1.29 is 13.2 Å². The Hall–Kier alpha value is -1.76. The second-order valence-electron chi connectivity index (χ2n) is 6.43. The predicted molar refractivity (Wildman–Crippen MR) is 104 cm³/mol. The van der Waals surface area contributed by atoms with Crippen LogP contribution >= 0.6 is 0 Å². The second kappa shape index (κ2) is 10.3. The Morgan fingerprint density at radius 1 is 1.32 bits per heavy atom. The maximum atomic E-state index is 11.3. The Kier molecular flexibility index (Phi) is 8.75. The van der Waals surface area contributed by atoms with E-state index < -0.39 is 9.84 Å². The first-order valence-corrected chi connectivity index (χ1v) is 10.7. The third-order valence-corrected chi connectivity index (χ3v) is 4.46. The molecule has 142 valence electrons. The highest BCUT2D eigenvalue weighted by molar-refractivity contribution is 7.90. The SMILES string of the molecule is CCNC(=NCC(C)Oc1cccc(C)c1)NC(C)CCS(C)(=O)=O. The van der Waals surface area contributed by atoms with Gasteiger partial charge in [-0.05, 0) is 51.8 Å². The van der Waals surface area contributed by atoms with Crippen molar-refractivity contribution in [3.05, 3.63) is 29.8 Å². The maximum Gasteiger partial charge on any atom is 0.191 e. The zero-order chi connectivity index (χ0) is 18.9. The highest BCUT2D eigenvalue weighted by atomic mass is 32.2. The minimum Gasteiger partial charge on any atom is -0.489 e. The molecule has 1 aromatic rings. The summed E-state index contributed by atoms with van der Waals surface area (Å²) < 4.78 is 28.4. The molecule has 0 saturated carbocycles. The van der Waals surface area contributed by atoms with E-state index in [4.69, 9.17) is 4.74 Å². The Balaban J connectivity index is 2.55. The van der Waals surface area contributed by atoms with Crippen molar-refractivity contribution >= 4 is 15.8 Å². The molecule has 6 nitrogen and oxygen atoms in total. The van der Waals surface area contributed by atoms with Crippen LogP contribution in [0.5, 0.6) is 5.75 Å². The van der Waals surface area contributed by atoms with E-state index in [1.807, 2.05) is 52.0 Å². The van der Waals surface area contributed by atoms with Crippen LogP contribution in [0.2, 0.25) is 0 Å².